The topological polar surface area (TPSA) is 3.24 Å². The number of rotatable bonds is 4. The van der Waals surface area contributed by atoms with Crippen molar-refractivity contribution in [1.82, 2.24) is 4.90 Å². The van der Waals surface area contributed by atoms with E-state index in [2.05, 4.69) is 0 Å². The summed E-state index contributed by atoms with van der Waals surface area (Å²) in [6.07, 6.45) is 2.06. The van der Waals surface area contributed by atoms with E-state index in [0.29, 0.717) is 12.4 Å². The number of nitrogens with zero attached hydrogens (tertiary/aromatic N) is 1. The summed E-state index contributed by atoms with van der Waals surface area (Å²) in [5.41, 5.74) is -4.10. The molecule has 1 unspecified atom stereocenters. The molecule has 1 heterocycles. The van der Waals surface area contributed by atoms with Crippen LogP contribution in [-0.2, 0) is 0 Å². The first-order valence-electron chi connectivity index (χ1n) is 4.53. The highest BCUT2D eigenvalue weighted by atomic mass is 35.5. The van der Waals surface area contributed by atoms with Gasteiger partial charge in [-0.2, -0.15) is 13.2 Å². The smallest absolute Gasteiger partial charge is 0.298 e. The Morgan fingerprint density at radius 1 is 1.43 bits per heavy atom. The van der Waals surface area contributed by atoms with Crippen LogP contribution < -0.4 is 0 Å². The van der Waals surface area contributed by atoms with Gasteiger partial charge in [0, 0.05) is 24.2 Å². The van der Waals surface area contributed by atoms with Crippen LogP contribution in [0.2, 0.25) is 0 Å². The molecule has 1 saturated heterocycles. The lowest BCUT2D eigenvalue weighted by Crippen LogP contribution is -2.33. The molecule has 0 aliphatic carbocycles. The second-order valence-electron chi connectivity index (χ2n) is 3.28. The van der Waals surface area contributed by atoms with Crippen molar-refractivity contribution in [2.24, 2.45) is 0 Å². The fourth-order valence-corrected chi connectivity index (χ4v) is 2.55. The highest BCUT2D eigenvalue weighted by Crippen LogP contribution is 2.30. The summed E-state index contributed by atoms with van der Waals surface area (Å²) in [6, 6.07) is 0.283. The third-order valence-electron chi connectivity index (χ3n) is 2.32. The molecule has 0 aromatic heterocycles. The number of alkyl halides is 4. The van der Waals surface area contributed by atoms with Gasteiger partial charge < -0.3 is 0 Å². The second kappa shape index (κ2) is 5.47. The quantitative estimate of drug-likeness (QED) is 0.703. The standard InChI is InChI=1S/C8H13ClF3NS/c9-6-7-2-1-3-13(7)4-5-14-8(10,11)12/h7H,1-6H2. The molecule has 0 saturated carbocycles. The minimum Gasteiger partial charge on any atom is -0.298 e. The van der Waals surface area contributed by atoms with Gasteiger partial charge in [-0.25, -0.2) is 0 Å². The molecule has 6 heteroatoms. The summed E-state index contributed by atoms with van der Waals surface area (Å²) in [5.74, 6) is 0.633. The molecule has 0 N–H and O–H groups in total. The number of hydrogen-bond acceptors (Lipinski definition) is 2. The van der Waals surface area contributed by atoms with Crippen molar-refractivity contribution in [3.8, 4) is 0 Å². The van der Waals surface area contributed by atoms with Gasteiger partial charge >= 0.3 is 5.51 Å². The Hall–Kier alpha value is 0.390. The average Bonchev–Trinajstić information content (AvgIpc) is 2.49. The summed E-state index contributed by atoms with van der Waals surface area (Å²) < 4.78 is 35.5. The molecule has 1 fully saturated rings. The minimum absolute atomic E-state index is 0.0482. The number of halogens is 4. The lowest BCUT2D eigenvalue weighted by atomic mass is 10.2. The molecule has 1 aliphatic heterocycles. The summed E-state index contributed by atoms with van der Waals surface area (Å²) in [5, 5.41) is 0. The molecule has 0 aromatic carbocycles. The zero-order valence-electron chi connectivity index (χ0n) is 7.69. The molecule has 0 bridgehead atoms. The Morgan fingerprint density at radius 2 is 2.14 bits per heavy atom. The van der Waals surface area contributed by atoms with E-state index < -0.39 is 5.51 Å². The Bertz CT molecular complexity index is 176. The van der Waals surface area contributed by atoms with Crippen LogP contribution in [-0.4, -0.2) is 41.2 Å². The monoisotopic (exact) mass is 247 g/mol. The molecule has 14 heavy (non-hydrogen) atoms. The first kappa shape index (κ1) is 12.5. The Kier molecular flexibility index (Phi) is 4.87. The van der Waals surface area contributed by atoms with Gasteiger partial charge in [0.2, 0.25) is 0 Å². The summed E-state index contributed by atoms with van der Waals surface area (Å²) >= 11 is 5.75. The van der Waals surface area contributed by atoms with Crippen molar-refractivity contribution in [1.29, 1.82) is 0 Å². The van der Waals surface area contributed by atoms with E-state index in [-0.39, 0.29) is 23.6 Å². The maximum Gasteiger partial charge on any atom is 0.441 e. The fourth-order valence-electron chi connectivity index (χ4n) is 1.64. The fraction of sp³-hybridized carbons (Fsp3) is 1.00. The Labute approximate surface area is 91.0 Å². The molecule has 1 aliphatic rings. The van der Waals surface area contributed by atoms with Crippen LogP contribution in [0.4, 0.5) is 13.2 Å². The van der Waals surface area contributed by atoms with Crippen LogP contribution in [0, 0.1) is 0 Å². The normalized spacial score (nSPS) is 24.4. The van der Waals surface area contributed by atoms with Gasteiger partial charge in [0.05, 0.1) is 0 Å². The first-order chi connectivity index (χ1) is 6.53. The maximum atomic E-state index is 11.8. The van der Waals surface area contributed by atoms with Crippen molar-refractivity contribution < 1.29 is 13.2 Å². The van der Waals surface area contributed by atoms with E-state index in [1.54, 1.807) is 0 Å². The van der Waals surface area contributed by atoms with Crippen LogP contribution in [0.15, 0.2) is 0 Å². The van der Waals surface area contributed by atoms with E-state index in [1.807, 2.05) is 4.90 Å². The highest BCUT2D eigenvalue weighted by molar-refractivity contribution is 8.00. The van der Waals surface area contributed by atoms with Crippen molar-refractivity contribution in [2.45, 2.75) is 24.4 Å². The Balaban J connectivity index is 2.18. The van der Waals surface area contributed by atoms with E-state index in [0.717, 1.165) is 19.4 Å². The van der Waals surface area contributed by atoms with Crippen LogP contribution in [0.3, 0.4) is 0 Å². The summed E-state index contributed by atoms with van der Waals surface area (Å²) in [7, 11) is 0. The van der Waals surface area contributed by atoms with Gasteiger partial charge in [-0.1, -0.05) is 0 Å². The van der Waals surface area contributed by atoms with Crippen molar-refractivity contribution in [3.05, 3.63) is 0 Å². The number of thioether (sulfide) groups is 1. The van der Waals surface area contributed by atoms with E-state index >= 15 is 0 Å². The molecule has 0 spiro atoms. The second-order valence-corrected chi connectivity index (χ2v) is 4.75. The van der Waals surface area contributed by atoms with Gasteiger partial charge in [0.25, 0.3) is 0 Å². The largest absolute Gasteiger partial charge is 0.441 e. The van der Waals surface area contributed by atoms with Gasteiger partial charge in [-0.15, -0.1) is 11.6 Å². The highest BCUT2D eigenvalue weighted by Gasteiger charge is 2.29. The van der Waals surface area contributed by atoms with Crippen LogP contribution in [0.1, 0.15) is 12.8 Å². The average molecular weight is 248 g/mol. The van der Waals surface area contributed by atoms with Crippen molar-refractivity contribution in [3.63, 3.8) is 0 Å². The van der Waals surface area contributed by atoms with Crippen molar-refractivity contribution in [2.75, 3.05) is 24.7 Å². The zero-order chi connectivity index (χ0) is 10.6. The van der Waals surface area contributed by atoms with Gasteiger partial charge in [0.1, 0.15) is 0 Å². The summed E-state index contributed by atoms with van der Waals surface area (Å²) in [6.45, 7) is 1.37. The number of likely N-dealkylation sites (tertiary alicyclic amines) is 1. The summed E-state index contributed by atoms with van der Waals surface area (Å²) in [4.78, 5) is 2.05. The lowest BCUT2D eigenvalue weighted by Gasteiger charge is -2.22. The van der Waals surface area contributed by atoms with E-state index in [4.69, 9.17) is 11.6 Å². The third kappa shape index (κ3) is 4.28. The van der Waals surface area contributed by atoms with Gasteiger partial charge in [-0.3, -0.25) is 4.90 Å². The maximum absolute atomic E-state index is 11.8. The minimum atomic E-state index is -4.10. The molecular weight excluding hydrogens is 235 g/mol. The Morgan fingerprint density at radius 3 is 2.71 bits per heavy atom. The molecule has 1 atom stereocenters. The van der Waals surface area contributed by atoms with E-state index in [9.17, 15) is 13.2 Å². The van der Waals surface area contributed by atoms with Gasteiger partial charge in [-0.05, 0) is 31.1 Å². The first-order valence-corrected chi connectivity index (χ1v) is 6.05. The molecule has 0 radical (unpaired) electrons. The molecule has 0 amide bonds. The molecular formula is C8H13ClF3NS. The molecule has 1 nitrogen and oxygen atoms in total. The van der Waals surface area contributed by atoms with Crippen molar-refractivity contribution >= 4 is 23.4 Å². The lowest BCUT2D eigenvalue weighted by molar-refractivity contribution is -0.0328. The molecule has 84 valence electrons. The zero-order valence-corrected chi connectivity index (χ0v) is 9.26. The predicted molar refractivity (Wildman–Crippen MR) is 53.8 cm³/mol. The molecule has 1 rings (SSSR count). The number of hydrogen-bond donors (Lipinski definition) is 0. The van der Waals surface area contributed by atoms with Crippen LogP contribution in [0.5, 0.6) is 0 Å². The van der Waals surface area contributed by atoms with Crippen LogP contribution >= 0.6 is 23.4 Å². The van der Waals surface area contributed by atoms with E-state index in [1.165, 1.54) is 0 Å². The molecule has 0 aromatic rings. The third-order valence-corrected chi connectivity index (χ3v) is 3.39. The van der Waals surface area contributed by atoms with Crippen LogP contribution in [0.25, 0.3) is 0 Å². The predicted octanol–water partition coefficient (Wildman–Crippen LogP) is 2.94. The SMILES string of the molecule is FC(F)(F)SCCN1CCCC1CCl. The van der Waals surface area contributed by atoms with Gasteiger partial charge in [0.15, 0.2) is 0 Å².